The van der Waals surface area contributed by atoms with Crippen LogP contribution < -0.4 is 15.4 Å². The van der Waals surface area contributed by atoms with Gasteiger partial charge in [-0.1, -0.05) is 37.0 Å². The highest BCUT2D eigenvalue weighted by atomic mass is 16.5. The fraction of sp³-hybridized carbons (Fsp3) is 0.440. The Morgan fingerprint density at radius 3 is 2.70 bits per heavy atom. The Balaban J connectivity index is 1.36. The van der Waals surface area contributed by atoms with E-state index in [1.807, 2.05) is 43.3 Å². The molecule has 1 saturated carbocycles. The molecule has 1 aliphatic heterocycles. The zero-order valence-corrected chi connectivity index (χ0v) is 17.6. The molecule has 1 fully saturated rings. The van der Waals surface area contributed by atoms with E-state index in [-0.39, 0.29) is 17.7 Å². The van der Waals surface area contributed by atoms with Gasteiger partial charge >= 0.3 is 0 Å². The van der Waals surface area contributed by atoms with E-state index in [2.05, 4.69) is 10.6 Å². The number of nitrogens with one attached hydrogen (secondary N) is 2. The largest absolute Gasteiger partial charge is 0.492 e. The van der Waals surface area contributed by atoms with Gasteiger partial charge in [-0.15, -0.1) is 0 Å². The maximum atomic E-state index is 12.7. The van der Waals surface area contributed by atoms with Crippen molar-refractivity contribution >= 4 is 17.5 Å². The van der Waals surface area contributed by atoms with Crippen LogP contribution in [0.25, 0.3) is 0 Å². The lowest BCUT2D eigenvalue weighted by Gasteiger charge is -2.27. The van der Waals surface area contributed by atoms with Gasteiger partial charge in [0.25, 0.3) is 5.91 Å². The first-order chi connectivity index (χ1) is 14.6. The molecule has 1 heterocycles. The molecule has 1 atom stereocenters. The van der Waals surface area contributed by atoms with Gasteiger partial charge in [-0.3, -0.25) is 9.59 Å². The standard InChI is InChI=1S/C25H30N2O3/c1-17-6-5-9-19(12-17)25(29)27-22-10-11-23-20(14-22)13-21(16-30-23)24(28)26-15-18-7-3-2-4-8-18/h5-6,9-12,14,18,21H,2-4,7-8,13,15-16H2,1H3,(H,26,28)(H,27,29)/t21-/m1/s1. The van der Waals surface area contributed by atoms with Crippen LogP contribution in [-0.4, -0.2) is 25.0 Å². The van der Waals surface area contributed by atoms with Gasteiger partial charge in [0.1, 0.15) is 12.4 Å². The van der Waals surface area contributed by atoms with Crippen molar-refractivity contribution in [2.75, 3.05) is 18.5 Å². The highest BCUT2D eigenvalue weighted by molar-refractivity contribution is 6.04. The average Bonchev–Trinajstić information content (AvgIpc) is 2.77. The van der Waals surface area contributed by atoms with E-state index in [0.717, 1.165) is 23.4 Å². The first-order valence-corrected chi connectivity index (χ1v) is 11.0. The molecule has 2 N–H and O–H groups in total. The maximum absolute atomic E-state index is 12.7. The van der Waals surface area contributed by atoms with Crippen molar-refractivity contribution in [1.29, 1.82) is 0 Å². The van der Waals surface area contributed by atoms with Gasteiger partial charge in [-0.2, -0.15) is 0 Å². The Hall–Kier alpha value is -2.82. The number of benzene rings is 2. The predicted molar refractivity (Wildman–Crippen MR) is 118 cm³/mol. The van der Waals surface area contributed by atoms with Crippen LogP contribution in [0.1, 0.15) is 53.6 Å². The lowest BCUT2D eigenvalue weighted by Crippen LogP contribution is -2.39. The zero-order valence-electron chi connectivity index (χ0n) is 17.6. The van der Waals surface area contributed by atoms with Gasteiger partial charge in [-0.25, -0.2) is 0 Å². The molecular weight excluding hydrogens is 376 g/mol. The van der Waals surface area contributed by atoms with Gasteiger partial charge < -0.3 is 15.4 Å². The molecule has 5 heteroatoms. The van der Waals surface area contributed by atoms with Gasteiger partial charge in [0.2, 0.25) is 5.91 Å². The number of fused-ring (bicyclic) bond motifs is 1. The Morgan fingerprint density at radius 2 is 1.90 bits per heavy atom. The molecule has 158 valence electrons. The van der Waals surface area contributed by atoms with Crippen LogP contribution in [0.4, 0.5) is 5.69 Å². The van der Waals surface area contributed by atoms with E-state index in [4.69, 9.17) is 4.74 Å². The summed E-state index contributed by atoms with van der Waals surface area (Å²) in [7, 11) is 0. The van der Waals surface area contributed by atoms with Gasteiger partial charge in [-0.05, 0) is 68.0 Å². The molecule has 0 saturated heterocycles. The lowest BCUT2D eigenvalue weighted by atomic mass is 9.89. The van der Waals surface area contributed by atoms with Crippen LogP contribution in [0, 0.1) is 18.8 Å². The lowest BCUT2D eigenvalue weighted by molar-refractivity contribution is -0.126. The highest BCUT2D eigenvalue weighted by Crippen LogP contribution is 2.30. The summed E-state index contributed by atoms with van der Waals surface area (Å²) < 4.78 is 5.84. The van der Waals surface area contributed by atoms with Crippen LogP contribution in [0.3, 0.4) is 0 Å². The van der Waals surface area contributed by atoms with Crippen LogP contribution in [0.15, 0.2) is 42.5 Å². The molecule has 0 aromatic heterocycles. The molecule has 0 bridgehead atoms. The summed E-state index contributed by atoms with van der Waals surface area (Å²) in [6.45, 7) is 3.14. The number of amides is 2. The Labute approximate surface area is 178 Å². The summed E-state index contributed by atoms with van der Waals surface area (Å²) in [6.07, 6.45) is 6.93. The minimum Gasteiger partial charge on any atom is -0.492 e. The summed E-state index contributed by atoms with van der Waals surface area (Å²) in [6, 6.07) is 13.1. The molecule has 2 aliphatic rings. The van der Waals surface area contributed by atoms with E-state index in [9.17, 15) is 9.59 Å². The van der Waals surface area contributed by atoms with Crippen LogP contribution in [0.2, 0.25) is 0 Å². The summed E-state index contributed by atoms with van der Waals surface area (Å²) in [4.78, 5) is 25.2. The van der Waals surface area contributed by atoms with Gasteiger partial charge in [0, 0.05) is 17.8 Å². The highest BCUT2D eigenvalue weighted by Gasteiger charge is 2.27. The van der Waals surface area contributed by atoms with Crippen LogP contribution >= 0.6 is 0 Å². The molecular formula is C25H30N2O3. The molecule has 4 rings (SSSR count). The van der Waals surface area contributed by atoms with Crippen molar-refractivity contribution in [3.63, 3.8) is 0 Å². The second-order valence-corrected chi connectivity index (χ2v) is 8.61. The molecule has 0 spiro atoms. The Kier molecular flexibility index (Phi) is 6.36. The summed E-state index contributed by atoms with van der Waals surface area (Å²) in [5.41, 5.74) is 3.35. The molecule has 0 unspecified atom stereocenters. The quantitative estimate of drug-likeness (QED) is 0.769. The number of aryl methyl sites for hydroxylation is 1. The van der Waals surface area contributed by atoms with Crippen molar-refractivity contribution in [3.8, 4) is 5.75 Å². The third-order valence-electron chi connectivity index (χ3n) is 6.17. The van der Waals surface area contributed by atoms with E-state index >= 15 is 0 Å². The van der Waals surface area contributed by atoms with Crippen molar-refractivity contribution in [3.05, 3.63) is 59.2 Å². The zero-order chi connectivity index (χ0) is 20.9. The van der Waals surface area contributed by atoms with Crippen molar-refractivity contribution in [2.24, 2.45) is 11.8 Å². The fourth-order valence-electron chi connectivity index (χ4n) is 4.41. The third kappa shape index (κ3) is 5.02. The number of ether oxygens (including phenoxy) is 1. The number of carbonyl (C=O) groups is 2. The first kappa shape index (κ1) is 20.5. The van der Waals surface area contributed by atoms with Crippen molar-refractivity contribution in [2.45, 2.75) is 45.4 Å². The monoisotopic (exact) mass is 406 g/mol. The summed E-state index contributed by atoms with van der Waals surface area (Å²) >= 11 is 0. The van der Waals surface area contributed by atoms with Crippen LogP contribution in [-0.2, 0) is 11.2 Å². The third-order valence-corrected chi connectivity index (χ3v) is 6.17. The molecule has 2 aromatic rings. The summed E-state index contributed by atoms with van der Waals surface area (Å²) in [5.74, 6) is 1.14. The number of hydrogen-bond acceptors (Lipinski definition) is 3. The maximum Gasteiger partial charge on any atom is 0.255 e. The summed E-state index contributed by atoms with van der Waals surface area (Å²) in [5, 5.41) is 6.09. The van der Waals surface area contributed by atoms with E-state index in [0.29, 0.717) is 30.2 Å². The molecule has 30 heavy (non-hydrogen) atoms. The number of rotatable bonds is 5. The normalized spacial score (nSPS) is 18.8. The van der Waals surface area contributed by atoms with Gasteiger partial charge in [0.15, 0.2) is 0 Å². The molecule has 5 nitrogen and oxygen atoms in total. The smallest absolute Gasteiger partial charge is 0.255 e. The Morgan fingerprint density at radius 1 is 1.07 bits per heavy atom. The van der Waals surface area contributed by atoms with E-state index in [1.54, 1.807) is 6.07 Å². The van der Waals surface area contributed by atoms with Gasteiger partial charge in [0.05, 0.1) is 5.92 Å². The molecule has 2 amide bonds. The number of hydrogen-bond donors (Lipinski definition) is 2. The SMILES string of the molecule is Cc1cccc(C(=O)Nc2ccc3c(c2)C[C@@H](C(=O)NCC2CCCCC2)CO3)c1. The Bertz CT molecular complexity index is 918. The second kappa shape index (κ2) is 9.33. The molecule has 1 aliphatic carbocycles. The topological polar surface area (TPSA) is 67.4 Å². The predicted octanol–water partition coefficient (Wildman–Crippen LogP) is 4.49. The van der Waals surface area contributed by atoms with Crippen molar-refractivity contribution in [1.82, 2.24) is 5.32 Å². The minimum atomic E-state index is -0.191. The fourth-order valence-corrected chi connectivity index (χ4v) is 4.41. The molecule has 0 radical (unpaired) electrons. The van der Waals surface area contributed by atoms with E-state index < -0.39 is 0 Å². The van der Waals surface area contributed by atoms with E-state index in [1.165, 1.54) is 32.1 Å². The minimum absolute atomic E-state index is 0.0698. The number of carbonyl (C=O) groups excluding carboxylic acids is 2. The average molecular weight is 407 g/mol. The van der Waals surface area contributed by atoms with Crippen molar-refractivity contribution < 1.29 is 14.3 Å². The second-order valence-electron chi connectivity index (χ2n) is 8.61. The number of anilines is 1. The van der Waals surface area contributed by atoms with Crippen LogP contribution in [0.5, 0.6) is 5.75 Å². The first-order valence-electron chi connectivity index (χ1n) is 11.0. The molecule has 2 aromatic carbocycles.